The Hall–Kier alpha value is -7.63. The molecule has 10 aromatic rings. The van der Waals surface area contributed by atoms with E-state index < -0.39 is 0 Å². The van der Waals surface area contributed by atoms with Gasteiger partial charge in [-0.1, -0.05) is 164 Å². The molecule has 5 heteroatoms. The second-order valence-electron chi connectivity index (χ2n) is 13.7. The minimum absolute atomic E-state index is 0.568. The lowest BCUT2D eigenvalue weighted by Gasteiger charge is -2.26. The predicted molar refractivity (Wildman–Crippen MR) is 229 cm³/mol. The van der Waals surface area contributed by atoms with E-state index in [9.17, 15) is 0 Å². The number of rotatable bonds is 8. The molecule has 0 radical (unpaired) electrons. The first-order valence-electron chi connectivity index (χ1n) is 18.7. The molecular formula is C51H34N4O. The monoisotopic (exact) mass is 718 g/mol. The van der Waals surface area contributed by atoms with Gasteiger partial charge in [-0.15, -0.1) is 0 Å². The standard InChI is InChI=1S/C51H34N4O/c1-5-15-35(16-6-1)36-25-27-37(28-26-36)38-29-31-42(32-30-38)55(41-21-11-4-12-22-41)43-33-45(48-44-23-13-14-24-46(44)56-47(48)34-43)51-53-49(39-17-7-2-8-18-39)52-50(54-51)40-19-9-3-10-20-40/h1-34H. The molecular weight excluding hydrogens is 685 g/mol. The molecule has 0 bridgehead atoms. The number of anilines is 3. The number of fused-ring (bicyclic) bond motifs is 3. The van der Waals surface area contributed by atoms with E-state index in [-0.39, 0.29) is 0 Å². The van der Waals surface area contributed by atoms with Crippen LogP contribution in [0.25, 0.3) is 78.4 Å². The summed E-state index contributed by atoms with van der Waals surface area (Å²) in [6.07, 6.45) is 0. The third-order valence-electron chi connectivity index (χ3n) is 10.1. The summed E-state index contributed by atoms with van der Waals surface area (Å²) >= 11 is 0. The second kappa shape index (κ2) is 14.3. The first kappa shape index (κ1) is 33.0. The van der Waals surface area contributed by atoms with Crippen molar-refractivity contribution in [3.63, 3.8) is 0 Å². The van der Waals surface area contributed by atoms with Crippen LogP contribution in [0, 0.1) is 0 Å². The van der Waals surface area contributed by atoms with Gasteiger partial charge in [-0.25, -0.2) is 15.0 Å². The fourth-order valence-corrected chi connectivity index (χ4v) is 7.39. The Balaban J connectivity index is 1.14. The average Bonchev–Trinajstić information content (AvgIpc) is 3.66. The van der Waals surface area contributed by atoms with Gasteiger partial charge >= 0.3 is 0 Å². The zero-order valence-electron chi connectivity index (χ0n) is 30.3. The summed E-state index contributed by atoms with van der Waals surface area (Å²) in [5.74, 6) is 1.78. The smallest absolute Gasteiger partial charge is 0.164 e. The molecule has 0 saturated carbocycles. The maximum Gasteiger partial charge on any atom is 0.164 e. The zero-order valence-corrected chi connectivity index (χ0v) is 30.3. The Labute approximate surface area is 324 Å². The molecule has 56 heavy (non-hydrogen) atoms. The van der Waals surface area contributed by atoms with Crippen molar-refractivity contribution in [3.05, 3.63) is 206 Å². The number of hydrogen-bond acceptors (Lipinski definition) is 5. The molecule has 0 aliphatic heterocycles. The fraction of sp³-hybridized carbons (Fsp3) is 0. The first-order chi connectivity index (χ1) is 27.7. The fourth-order valence-electron chi connectivity index (χ4n) is 7.39. The molecule has 10 rings (SSSR count). The molecule has 0 atom stereocenters. The molecule has 0 N–H and O–H groups in total. The zero-order chi connectivity index (χ0) is 37.3. The maximum absolute atomic E-state index is 6.63. The van der Waals surface area contributed by atoms with Gasteiger partial charge in [-0.3, -0.25) is 0 Å². The van der Waals surface area contributed by atoms with Crippen molar-refractivity contribution in [2.75, 3.05) is 4.90 Å². The van der Waals surface area contributed by atoms with E-state index in [4.69, 9.17) is 19.4 Å². The number of para-hydroxylation sites is 2. The maximum atomic E-state index is 6.63. The first-order valence-corrected chi connectivity index (χ1v) is 18.7. The highest BCUT2D eigenvalue weighted by Gasteiger charge is 2.22. The van der Waals surface area contributed by atoms with Crippen LogP contribution in [0.15, 0.2) is 211 Å². The molecule has 0 aliphatic rings. The SMILES string of the molecule is c1ccc(-c2ccc(-c3ccc(N(c4ccccc4)c4cc(-c5nc(-c6ccccc6)nc(-c6ccccc6)n5)c5c(c4)oc4ccccc45)cc3)cc2)cc1. The minimum atomic E-state index is 0.568. The van der Waals surface area contributed by atoms with Gasteiger partial charge in [0.25, 0.3) is 0 Å². The summed E-state index contributed by atoms with van der Waals surface area (Å²) in [5.41, 5.74) is 11.9. The summed E-state index contributed by atoms with van der Waals surface area (Å²) in [7, 11) is 0. The third-order valence-corrected chi connectivity index (χ3v) is 10.1. The van der Waals surface area contributed by atoms with Gasteiger partial charge in [-0.2, -0.15) is 0 Å². The lowest BCUT2D eigenvalue weighted by atomic mass is 10.00. The normalized spacial score (nSPS) is 11.2. The number of nitrogens with zero attached hydrogens (tertiary/aromatic N) is 4. The van der Waals surface area contributed by atoms with E-state index in [1.807, 2.05) is 91.0 Å². The molecule has 0 fully saturated rings. The number of hydrogen-bond donors (Lipinski definition) is 0. The van der Waals surface area contributed by atoms with Crippen LogP contribution in [-0.4, -0.2) is 15.0 Å². The van der Waals surface area contributed by atoms with Gasteiger partial charge in [0, 0.05) is 44.9 Å². The van der Waals surface area contributed by atoms with E-state index in [0.29, 0.717) is 17.5 Å². The Morgan fingerprint density at radius 2 is 0.750 bits per heavy atom. The molecule has 0 spiro atoms. The van der Waals surface area contributed by atoms with E-state index in [1.165, 1.54) is 11.1 Å². The van der Waals surface area contributed by atoms with Crippen molar-refractivity contribution in [3.8, 4) is 56.4 Å². The Morgan fingerprint density at radius 3 is 1.32 bits per heavy atom. The number of benzene rings is 8. The van der Waals surface area contributed by atoms with E-state index >= 15 is 0 Å². The highest BCUT2D eigenvalue weighted by atomic mass is 16.3. The minimum Gasteiger partial charge on any atom is -0.456 e. The van der Waals surface area contributed by atoms with E-state index in [0.717, 1.165) is 66.8 Å². The van der Waals surface area contributed by atoms with Crippen LogP contribution in [-0.2, 0) is 0 Å². The van der Waals surface area contributed by atoms with Crippen molar-refractivity contribution in [2.24, 2.45) is 0 Å². The highest BCUT2D eigenvalue weighted by molar-refractivity contribution is 6.13. The van der Waals surface area contributed by atoms with Gasteiger partial charge in [0.2, 0.25) is 0 Å². The molecule has 8 aromatic carbocycles. The van der Waals surface area contributed by atoms with Gasteiger partial charge < -0.3 is 9.32 Å². The summed E-state index contributed by atoms with van der Waals surface area (Å²) < 4.78 is 6.63. The predicted octanol–water partition coefficient (Wildman–Crippen LogP) is 13.6. The molecule has 2 heterocycles. The summed E-state index contributed by atoms with van der Waals surface area (Å²) in [6, 6.07) is 71.0. The highest BCUT2D eigenvalue weighted by Crippen LogP contribution is 2.43. The molecule has 2 aromatic heterocycles. The van der Waals surface area contributed by atoms with Crippen LogP contribution >= 0.6 is 0 Å². The molecule has 0 aliphatic carbocycles. The van der Waals surface area contributed by atoms with Gasteiger partial charge in [0.05, 0.1) is 5.69 Å². The molecule has 5 nitrogen and oxygen atoms in total. The summed E-state index contributed by atoms with van der Waals surface area (Å²) in [6.45, 7) is 0. The molecule has 0 saturated heterocycles. The summed E-state index contributed by atoms with van der Waals surface area (Å²) in [5, 5.41) is 1.96. The topological polar surface area (TPSA) is 55.1 Å². The Kier molecular flexibility index (Phi) is 8.43. The van der Waals surface area contributed by atoms with Crippen LogP contribution < -0.4 is 4.90 Å². The molecule has 264 valence electrons. The Bertz CT molecular complexity index is 2870. The van der Waals surface area contributed by atoms with Crippen molar-refractivity contribution < 1.29 is 4.42 Å². The third kappa shape index (κ3) is 6.27. The quantitative estimate of drug-likeness (QED) is 0.157. The van der Waals surface area contributed by atoms with Crippen molar-refractivity contribution in [1.29, 1.82) is 0 Å². The van der Waals surface area contributed by atoms with Gasteiger partial charge in [0.1, 0.15) is 11.2 Å². The average molecular weight is 719 g/mol. The van der Waals surface area contributed by atoms with Crippen LogP contribution in [0.2, 0.25) is 0 Å². The second-order valence-corrected chi connectivity index (χ2v) is 13.7. The van der Waals surface area contributed by atoms with Crippen LogP contribution in [0.3, 0.4) is 0 Å². The molecule has 0 unspecified atom stereocenters. The van der Waals surface area contributed by atoms with Gasteiger partial charge in [0.15, 0.2) is 17.5 Å². The van der Waals surface area contributed by atoms with Crippen molar-refractivity contribution in [1.82, 2.24) is 15.0 Å². The molecule has 0 amide bonds. The van der Waals surface area contributed by atoms with E-state index in [1.54, 1.807) is 0 Å². The largest absolute Gasteiger partial charge is 0.456 e. The van der Waals surface area contributed by atoms with Crippen molar-refractivity contribution in [2.45, 2.75) is 0 Å². The van der Waals surface area contributed by atoms with Gasteiger partial charge in [-0.05, 0) is 58.7 Å². The van der Waals surface area contributed by atoms with Crippen LogP contribution in [0.1, 0.15) is 0 Å². The lowest BCUT2D eigenvalue weighted by Crippen LogP contribution is -2.10. The van der Waals surface area contributed by atoms with E-state index in [2.05, 4.69) is 120 Å². The van der Waals surface area contributed by atoms with Crippen LogP contribution in [0.5, 0.6) is 0 Å². The number of aromatic nitrogens is 3. The summed E-state index contributed by atoms with van der Waals surface area (Å²) in [4.78, 5) is 17.6. The Morgan fingerprint density at radius 1 is 0.321 bits per heavy atom. The van der Waals surface area contributed by atoms with Crippen molar-refractivity contribution >= 4 is 39.0 Å². The van der Waals surface area contributed by atoms with Crippen LogP contribution in [0.4, 0.5) is 17.1 Å². The number of furan rings is 1. The lowest BCUT2D eigenvalue weighted by molar-refractivity contribution is 0.669.